The number of nitrogens with one attached hydrogen (secondary N) is 1. The van der Waals surface area contributed by atoms with Crippen LogP contribution in [0, 0.1) is 20.2 Å². The molecule has 0 aliphatic carbocycles. The first-order chi connectivity index (χ1) is 13.9. The van der Waals surface area contributed by atoms with Crippen LogP contribution in [0.25, 0.3) is 0 Å². The van der Waals surface area contributed by atoms with Gasteiger partial charge in [-0.3, -0.25) is 25.0 Å². The highest BCUT2D eigenvalue weighted by Gasteiger charge is 2.28. The maximum atomic E-state index is 12.9. The third-order valence-corrected chi connectivity index (χ3v) is 4.63. The lowest BCUT2D eigenvalue weighted by Gasteiger charge is -2.20. The molecule has 0 saturated heterocycles. The molecule has 0 heterocycles. The van der Waals surface area contributed by atoms with Crippen LogP contribution >= 0.6 is 11.6 Å². The first-order valence-electron chi connectivity index (χ1n) is 8.41. The third-order valence-electron chi connectivity index (χ3n) is 4.23. The zero-order valence-corrected chi connectivity index (χ0v) is 15.6. The zero-order chi connectivity index (χ0) is 21.0. The fourth-order valence-electron chi connectivity index (χ4n) is 2.86. The predicted molar refractivity (Wildman–Crippen MR) is 107 cm³/mol. The Hall–Kier alpha value is -3.78. The number of hydrogen-bond acceptors (Lipinski definition) is 5. The van der Waals surface area contributed by atoms with Gasteiger partial charge in [-0.05, 0) is 11.1 Å². The summed E-state index contributed by atoms with van der Waals surface area (Å²) >= 11 is 6.03. The Morgan fingerprint density at radius 2 is 1.38 bits per heavy atom. The second kappa shape index (κ2) is 8.49. The Morgan fingerprint density at radius 3 is 1.83 bits per heavy atom. The number of nitro groups is 2. The second-order valence-electron chi connectivity index (χ2n) is 6.07. The van der Waals surface area contributed by atoms with Crippen molar-refractivity contribution in [2.75, 3.05) is 0 Å². The number of nitro benzene ring substituents is 2. The van der Waals surface area contributed by atoms with E-state index in [1.807, 2.05) is 60.7 Å². The van der Waals surface area contributed by atoms with Crippen molar-refractivity contribution in [1.29, 1.82) is 0 Å². The first-order valence-corrected chi connectivity index (χ1v) is 8.79. The average Bonchev–Trinajstić information content (AvgIpc) is 2.72. The van der Waals surface area contributed by atoms with Crippen molar-refractivity contribution in [2.24, 2.45) is 0 Å². The van der Waals surface area contributed by atoms with Crippen molar-refractivity contribution >= 4 is 28.9 Å². The van der Waals surface area contributed by atoms with Crippen LogP contribution < -0.4 is 5.32 Å². The number of carbonyl (C=O) groups is 1. The Morgan fingerprint density at radius 1 is 0.862 bits per heavy atom. The molecule has 0 fully saturated rings. The molecule has 3 aromatic rings. The largest absolute Gasteiger partial charge is 0.341 e. The van der Waals surface area contributed by atoms with Gasteiger partial charge in [0, 0.05) is 6.07 Å². The van der Waals surface area contributed by atoms with Gasteiger partial charge in [0.25, 0.3) is 17.3 Å². The summed E-state index contributed by atoms with van der Waals surface area (Å²) in [5.41, 5.74) is -0.111. The van der Waals surface area contributed by atoms with Crippen LogP contribution in [0.4, 0.5) is 11.4 Å². The maximum Gasteiger partial charge on any atom is 0.295 e. The monoisotopic (exact) mass is 411 g/mol. The molecule has 0 atom stereocenters. The number of hydrogen-bond donors (Lipinski definition) is 1. The van der Waals surface area contributed by atoms with E-state index in [0.29, 0.717) is 0 Å². The van der Waals surface area contributed by atoms with Crippen molar-refractivity contribution in [3.05, 3.63) is 115 Å². The Bertz CT molecular complexity index is 1030. The SMILES string of the molecule is O=C(NC(c1ccccc1)c1ccccc1)c1cc([N+](=O)[O-])cc([N+](=O)[O-])c1Cl. The molecule has 8 nitrogen and oxygen atoms in total. The van der Waals surface area contributed by atoms with Crippen LogP contribution in [-0.2, 0) is 0 Å². The molecule has 0 aliphatic rings. The van der Waals surface area contributed by atoms with Crippen LogP contribution in [-0.4, -0.2) is 15.8 Å². The summed E-state index contributed by atoms with van der Waals surface area (Å²) < 4.78 is 0. The minimum Gasteiger partial charge on any atom is -0.341 e. The van der Waals surface area contributed by atoms with Gasteiger partial charge in [-0.2, -0.15) is 0 Å². The molecule has 0 bridgehead atoms. The van der Waals surface area contributed by atoms with Crippen molar-refractivity contribution < 1.29 is 14.6 Å². The van der Waals surface area contributed by atoms with E-state index in [1.54, 1.807) is 0 Å². The lowest BCUT2D eigenvalue weighted by atomic mass is 9.98. The Balaban J connectivity index is 2.05. The minimum absolute atomic E-state index is 0.343. The van der Waals surface area contributed by atoms with Crippen molar-refractivity contribution in [1.82, 2.24) is 5.32 Å². The van der Waals surface area contributed by atoms with Crippen LogP contribution in [0.1, 0.15) is 27.5 Å². The van der Waals surface area contributed by atoms with Crippen LogP contribution in [0.15, 0.2) is 72.8 Å². The number of benzene rings is 3. The lowest BCUT2D eigenvalue weighted by molar-refractivity contribution is -0.394. The summed E-state index contributed by atoms with van der Waals surface area (Å²) in [6.07, 6.45) is 0. The molecule has 29 heavy (non-hydrogen) atoms. The van der Waals surface area contributed by atoms with Gasteiger partial charge in [0.1, 0.15) is 5.02 Å². The standard InChI is InChI=1S/C20H14ClN3O5/c21-18-16(11-15(23(26)27)12-17(18)24(28)29)20(25)22-19(13-7-3-1-4-8-13)14-9-5-2-6-10-14/h1-12,19H,(H,22,25). The van der Waals surface area contributed by atoms with Crippen LogP contribution in [0.2, 0.25) is 5.02 Å². The number of rotatable bonds is 6. The lowest BCUT2D eigenvalue weighted by Crippen LogP contribution is -2.29. The number of carbonyl (C=O) groups excluding carboxylic acids is 1. The van der Waals surface area contributed by atoms with Crippen LogP contribution in [0.3, 0.4) is 0 Å². The molecule has 0 aliphatic heterocycles. The Labute approximate surface area is 170 Å². The second-order valence-corrected chi connectivity index (χ2v) is 6.45. The van der Waals surface area contributed by atoms with Crippen molar-refractivity contribution in [3.63, 3.8) is 0 Å². The topological polar surface area (TPSA) is 115 Å². The van der Waals surface area contributed by atoms with Gasteiger partial charge in [-0.15, -0.1) is 0 Å². The minimum atomic E-state index is -0.863. The Kier molecular flexibility index (Phi) is 5.85. The van der Waals surface area contributed by atoms with Gasteiger partial charge < -0.3 is 5.32 Å². The fourth-order valence-corrected chi connectivity index (χ4v) is 3.12. The molecular formula is C20H14ClN3O5. The summed E-state index contributed by atoms with van der Waals surface area (Å²) in [5.74, 6) is -0.764. The quantitative estimate of drug-likeness (QED) is 0.467. The maximum absolute atomic E-state index is 12.9. The van der Waals surface area contributed by atoms with Crippen LogP contribution in [0.5, 0.6) is 0 Å². The third kappa shape index (κ3) is 4.39. The number of halogens is 1. The van der Waals surface area contributed by atoms with E-state index >= 15 is 0 Å². The average molecular weight is 412 g/mol. The molecule has 3 aromatic carbocycles. The molecule has 0 radical (unpaired) electrons. The van der Waals surface area contributed by atoms with E-state index in [2.05, 4.69) is 5.32 Å². The van der Waals surface area contributed by atoms with E-state index in [9.17, 15) is 25.0 Å². The van der Waals surface area contributed by atoms with E-state index in [0.717, 1.165) is 23.3 Å². The highest BCUT2D eigenvalue weighted by atomic mass is 35.5. The van der Waals surface area contributed by atoms with E-state index < -0.39 is 38.2 Å². The summed E-state index contributed by atoms with van der Waals surface area (Å²) in [6, 6.07) is 19.2. The summed E-state index contributed by atoms with van der Waals surface area (Å²) in [5, 5.41) is 24.6. The first kappa shape index (κ1) is 20.0. The van der Waals surface area contributed by atoms with Gasteiger partial charge in [-0.1, -0.05) is 72.3 Å². The molecule has 1 amide bonds. The normalized spacial score (nSPS) is 10.6. The van der Waals surface area contributed by atoms with E-state index in [1.165, 1.54) is 0 Å². The zero-order valence-electron chi connectivity index (χ0n) is 14.8. The molecule has 3 rings (SSSR count). The van der Waals surface area contributed by atoms with Gasteiger partial charge >= 0.3 is 0 Å². The molecule has 9 heteroatoms. The molecular weight excluding hydrogens is 398 g/mol. The van der Waals surface area contributed by atoms with E-state index in [4.69, 9.17) is 11.6 Å². The summed E-state index contributed by atoms with van der Waals surface area (Å²) in [6.45, 7) is 0. The van der Waals surface area contributed by atoms with Gasteiger partial charge in [0.2, 0.25) is 0 Å². The molecule has 0 aromatic heterocycles. The fraction of sp³-hybridized carbons (Fsp3) is 0.0500. The number of non-ortho nitro benzene ring substituents is 1. The van der Waals surface area contributed by atoms with Gasteiger partial charge in [0.15, 0.2) is 0 Å². The molecule has 0 spiro atoms. The van der Waals surface area contributed by atoms with E-state index in [-0.39, 0.29) is 5.56 Å². The molecule has 0 saturated carbocycles. The number of nitrogens with zero attached hydrogens (tertiary/aromatic N) is 2. The molecule has 146 valence electrons. The molecule has 1 N–H and O–H groups in total. The van der Waals surface area contributed by atoms with Crippen molar-refractivity contribution in [2.45, 2.75) is 6.04 Å². The number of amides is 1. The van der Waals surface area contributed by atoms with Gasteiger partial charge in [0.05, 0.1) is 27.5 Å². The smallest absolute Gasteiger partial charge is 0.295 e. The highest BCUT2D eigenvalue weighted by Crippen LogP contribution is 2.33. The summed E-state index contributed by atoms with van der Waals surface area (Å²) in [7, 11) is 0. The predicted octanol–water partition coefficient (Wildman–Crippen LogP) is 4.68. The van der Waals surface area contributed by atoms with Crippen molar-refractivity contribution in [3.8, 4) is 0 Å². The highest BCUT2D eigenvalue weighted by molar-refractivity contribution is 6.36. The summed E-state index contributed by atoms with van der Waals surface area (Å²) in [4.78, 5) is 33.6. The molecule has 0 unspecified atom stereocenters. The van der Waals surface area contributed by atoms with Gasteiger partial charge in [-0.25, -0.2) is 0 Å².